The van der Waals surface area contributed by atoms with Gasteiger partial charge in [-0.05, 0) is 6.08 Å². The van der Waals surface area contributed by atoms with Crippen molar-refractivity contribution in [2.45, 2.75) is 0 Å². The number of hydrogen-bond donors (Lipinski definition) is 0. The normalized spacial score (nSPS) is 10.4. The maximum atomic E-state index is 11.8. The van der Waals surface area contributed by atoms with Gasteiger partial charge in [-0.25, -0.2) is 0 Å². The zero-order valence-corrected chi connectivity index (χ0v) is 10.0. The summed E-state index contributed by atoms with van der Waals surface area (Å²) in [6.45, 7) is 8.27. The Morgan fingerprint density at radius 1 is 1.47 bits per heavy atom. The van der Waals surface area contributed by atoms with E-state index in [1.165, 1.54) is 6.08 Å². The van der Waals surface area contributed by atoms with E-state index in [9.17, 15) is 4.79 Å². The Bertz CT molecular complexity index is 422. The Morgan fingerprint density at radius 3 is 2.59 bits per heavy atom. The molecule has 1 rings (SSSR count). The van der Waals surface area contributed by atoms with Gasteiger partial charge in [0.05, 0.1) is 6.20 Å². The molecule has 0 aromatic carbocycles. The van der Waals surface area contributed by atoms with E-state index in [0.29, 0.717) is 13.1 Å². The van der Waals surface area contributed by atoms with Gasteiger partial charge in [0.1, 0.15) is 0 Å². The number of aryl methyl sites for hydroxylation is 1. The molecule has 4 nitrogen and oxygen atoms in total. The van der Waals surface area contributed by atoms with Gasteiger partial charge in [-0.3, -0.25) is 9.48 Å². The van der Waals surface area contributed by atoms with Gasteiger partial charge >= 0.3 is 0 Å². The van der Waals surface area contributed by atoms with Crippen LogP contribution < -0.4 is 0 Å². The Morgan fingerprint density at radius 2 is 2.12 bits per heavy atom. The monoisotopic (exact) mass is 231 g/mol. The van der Waals surface area contributed by atoms with Gasteiger partial charge in [0.15, 0.2) is 0 Å². The molecule has 0 aliphatic carbocycles. The molecule has 17 heavy (non-hydrogen) atoms. The summed E-state index contributed by atoms with van der Waals surface area (Å²) in [6.07, 6.45) is 10.2. The molecule has 0 aliphatic rings. The minimum atomic E-state index is -0.0614. The van der Waals surface area contributed by atoms with Crippen molar-refractivity contribution in [1.29, 1.82) is 0 Å². The molecule has 90 valence electrons. The second-order valence-corrected chi connectivity index (χ2v) is 3.60. The molecule has 0 radical (unpaired) electrons. The summed E-state index contributed by atoms with van der Waals surface area (Å²) in [7, 11) is 1.83. The second-order valence-electron chi connectivity index (χ2n) is 3.60. The fraction of sp³-hybridized carbons (Fsp3) is 0.231. The van der Waals surface area contributed by atoms with Crippen molar-refractivity contribution in [2.75, 3.05) is 13.1 Å². The first kappa shape index (κ1) is 13.0. The highest BCUT2D eigenvalue weighted by molar-refractivity contribution is 5.91. The molecule has 0 saturated carbocycles. The number of aromatic nitrogens is 2. The zero-order valence-electron chi connectivity index (χ0n) is 10.0. The van der Waals surface area contributed by atoms with Crippen molar-refractivity contribution in [2.24, 2.45) is 7.05 Å². The van der Waals surface area contributed by atoms with Crippen LogP contribution in [-0.4, -0.2) is 33.7 Å². The van der Waals surface area contributed by atoms with E-state index in [1.807, 2.05) is 13.2 Å². The van der Waals surface area contributed by atoms with Gasteiger partial charge in [-0.15, -0.1) is 13.2 Å². The van der Waals surface area contributed by atoms with Crippen LogP contribution in [0.25, 0.3) is 6.08 Å². The molecule has 1 amide bonds. The highest BCUT2D eigenvalue weighted by Crippen LogP contribution is 2.01. The van der Waals surface area contributed by atoms with E-state index in [0.717, 1.165) is 5.56 Å². The minimum absolute atomic E-state index is 0.0614. The van der Waals surface area contributed by atoms with Crippen molar-refractivity contribution in [3.05, 3.63) is 49.3 Å². The highest BCUT2D eigenvalue weighted by atomic mass is 16.2. The lowest BCUT2D eigenvalue weighted by Gasteiger charge is -2.16. The summed E-state index contributed by atoms with van der Waals surface area (Å²) in [5.41, 5.74) is 0.901. The van der Waals surface area contributed by atoms with E-state index in [-0.39, 0.29) is 5.91 Å². The SMILES string of the molecule is C=CCN(CC=C)C(=O)/C=C/c1cnn(C)c1. The first-order valence-corrected chi connectivity index (χ1v) is 5.34. The average molecular weight is 231 g/mol. The molecule has 1 aromatic heterocycles. The van der Waals surface area contributed by atoms with Crippen LogP contribution in [0.2, 0.25) is 0 Å². The van der Waals surface area contributed by atoms with Crippen molar-refractivity contribution in [1.82, 2.24) is 14.7 Å². The van der Waals surface area contributed by atoms with Crippen LogP contribution in [0.4, 0.5) is 0 Å². The van der Waals surface area contributed by atoms with Gasteiger partial charge in [-0.2, -0.15) is 5.10 Å². The minimum Gasteiger partial charge on any atom is -0.332 e. The molecule has 0 N–H and O–H groups in total. The van der Waals surface area contributed by atoms with Crippen LogP contribution >= 0.6 is 0 Å². The number of carbonyl (C=O) groups excluding carboxylic acids is 1. The molecule has 4 heteroatoms. The third kappa shape index (κ3) is 4.10. The lowest BCUT2D eigenvalue weighted by atomic mass is 10.3. The van der Waals surface area contributed by atoms with E-state index in [4.69, 9.17) is 0 Å². The van der Waals surface area contributed by atoms with Crippen LogP contribution in [-0.2, 0) is 11.8 Å². The largest absolute Gasteiger partial charge is 0.332 e. The summed E-state index contributed by atoms with van der Waals surface area (Å²) in [6, 6.07) is 0. The van der Waals surface area contributed by atoms with Crippen molar-refractivity contribution < 1.29 is 4.79 Å². The van der Waals surface area contributed by atoms with E-state index in [1.54, 1.807) is 34.0 Å². The number of hydrogen-bond acceptors (Lipinski definition) is 2. The molecule has 0 atom stereocenters. The van der Waals surface area contributed by atoms with Gasteiger partial charge in [0, 0.05) is 38.0 Å². The Kier molecular flexibility index (Phi) is 4.94. The molecule has 0 fully saturated rings. The van der Waals surface area contributed by atoms with Crippen LogP contribution in [0.5, 0.6) is 0 Å². The summed E-state index contributed by atoms with van der Waals surface area (Å²) in [5.74, 6) is -0.0614. The maximum Gasteiger partial charge on any atom is 0.247 e. The molecule has 0 bridgehead atoms. The Balaban J connectivity index is 2.65. The van der Waals surface area contributed by atoms with Gasteiger partial charge in [0.2, 0.25) is 5.91 Å². The average Bonchev–Trinajstić information content (AvgIpc) is 2.72. The summed E-state index contributed by atoms with van der Waals surface area (Å²) in [5, 5.41) is 4.02. The van der Waals surface area contributed by atoms with E-state index < -0.39 is 0 Å². The van der Waals surface area contributed by atoms with Crippen molar-refractivity contribution >= 4 is 12.0 Å². The molecular formula is C13H17N3O. The molecule has 1 aromatic rings. The first-order valence-electron chi connectivity index (χ1n) is 5.34. The van der Waals surface area contributed by atoms with Crippen molar-refractivity contribution in [3.8, 4) is 0 Å². The smallest absolute Gasteiger partial charge is 0.247 e. The molecule has 0 unspecified atom stereocenters. The summed E-state index contributed by atoms with van der Waals surface area (Å²) >= 11 is 0. The Labute approximate surface area is 102 Å². The maximum absolute atomic E-state index is 11.8. The number of rotatable bonds is 6. The number of carbonyl (C=O) groups is 1. The standard InChI is InChI=1S/C13H17N3O/c1-4-8-16(9-5-2)13(17)7-6-12-10-14-15(3)11-12/h4-7,10-11H,1-2,8-9H2,3H3/b7-6+. The van der Waals surface area contributed by atoms with Crippen LogP contribution in [0.1, 0.15) is 5.56 Å². The van der Waals surface area contributed by atoms with E-state index in [2.05, 4.69) is 18.3 Å². The molecular weight excluding hydrogens is 214 g/mol. The summed E-state index contributed by atoms with van der Waals surface area (Å²) in [4.78, 5) is 13.5. The third-order valence-corrected chi connectivity index (χ3v) is 2.15. The fourth-order valence-electron chi connectivity index (χ4n) is 1.37. The lowest BCUT2D eigenvalue weighted by molar-refractivity contribution is -0.124. The lowest BCUT2D eigenvalue weighted by Crippen LogP contribution is -2.29. The van der Waals surface area contributed by atoms with Crippen LogP contribution in [0.3, 0.4) is 0 Å². The molecule has 0 saturated heterocycles. The quantitative estimate of drug-likeness (QED) is 0.551. The Hall–Kier alpha value is -2.10. The topological polar surface area (TPSA) is 38.1 Å². The highest BCUT2D eigenvalue weighted by Gasteiger charge is 2.06. The predicted octanol–water partition coefficient (Wildman–Crippen LogP) is 1.63. The van der Waals surface area contributed by atoms with Gasteiger partial charge in [0.25, 0.3) is 0 Å². The van der Waals surface area contributed by atoms with Crippen LogP contribution in [0, 0.1) is 0 Å². The molecule has 0 aliphatic heterocycles. The molecule has 1 heterocycles. The third-order valence-electron chi connectivity index (χ3n) is 2.15. The predicted molar refractivity (Wildman–Crippen MR) is 69.2 cm³/mol. The molecule has 0 spiro atoms. The first-order chi connectivity index (χ1) is 8.17. The van der Waals surface area contributed by atoms with Crippen LogP contribution in [0.15, 0.2) is 43.8 Å². The van der Waals surface area contributed by atoms with Gasteiger partial charge < -0.3 is 4.90 Å². The zero-order chi connectivity index (χ0) is 12.7. The number of nitrogens with zero attached hydrogens (tertiary/aromatic N) is 3. The van der Waals surface area contributed by atoms with Crippen molar-refractivity contribution in [3.63, 3.8) is 0 Å². The fourth-order valence-corrected chi connectivity index (χ4v) is 1.37. The number of amides is 1. The summed E-state index contributed by atoms with van der Waals surface area (Å²) < 4.78 is 1.69. The van der Waals surface area contributed by atoms with E-state index >= 15 is 0 Å². The second kappa shape index (κ2) is 6.48. The van der Waals surface area contributed by atoms with Gasteiger partial charge in [-0.1, -0.05) is 12.2 Å².